The molecule has 1 fully saturated rings. The van der Waals surface area contributed by atoms with Gasteiger partial charge in [-0.3, -0.25) is 0 Å². The third-order valence-electron chi connectivity index (χ3n) is 2.31. The van der Waals surface area contributed by atoms with Crippen molar-refractivity contribution in [3.8, 4) is 0 Å². The van der Waals surface area contributed by atoms with Gasteiger partial charge in [0.25, 0.3) is 0 Å². The third-order valence-corrected chi connectivity index (χ3v) is 2.31. The minimum absolute atomic E-state index is 0.147. The van der Waals surface area contributed by atoms with E-state index in [0.717, 1.165) is 25.7 Å². The largest absolute Gasteiger partial charge is 0.377 e. The van der Waals surface area contributed by atoms with Crippen LogP contribution in [0.3, 0.4) is 0 Å². The van der Waals surface area contributed by atoms with Gasteiger partial charge in [0.2, 0.25) is 0 Å². The number of rotatable bonds is 2. The predicted molar refractivity (Wildman–Crippen MR) is 43.4 cm³/mol. The number of hydrogen-bond acceptors (Lipinski definition) is 2. The highest BCUT2D eigenvalue weighted by atomic mass is 16.5. The molecule has 0 aromatic rings. The first-order valence-electron chi connectivity index (χ1n) is 4.25. The lowest BCUT2D eigenvalue weighted by Crippen LogP contribution is -2.35. The van der Waals surface area contributed by atoms with E-state index in [1.54, 1.807) is 0 Å². The lowest BCUT2D eigenvalue weighted by molar-refractivity contribution is -0.126. The van der Waals surface area contributed by atoms with E-state index in [4.69, 9.17) is 4.74 Å². The van der Waals surface area contributed by atoms with E-state index in [9.17, 15) is 4.79 Å². The highest BCUT2D eigenvalue weighted by molar-refractivity contribution is 5.59. The predicted octanol–water partition coefficient (Wildman–Crippen LogP) is 1.78. The van der Waals surface area contributed by atoms with Crippen molar-refractivity contribution in [3.63, 3.8) is 0 Å². The van der Waals surface area contributed by atoms with Crippen molar-refractivity contribution >= 4 is 6.29 Å². The summed E-state index contributed by atoms with van der Waals surface area (Å²) in [5.74, 6) is 0. The smallest absolute Gasteiger partial charge is 0.128 e. The molecule has 0 amide bonds. The van der Waals surface area contributed by atoms with Crippen LogP contribution in [-0.2, 0) is 9.53 Å². The molecule has 0 radical (unpaired) electrons. The SMILES string of the molecule is CC(C)(C=O)[C@@H]1CCCCO1. The Kier molecular flexibility index (Phi) is 2.66. The molecule has 2 nitrogen and oxygen atoms in total. The summed E-state index contributed by atoms with van der Waals surface area (Å²) in [5, 5.41) is 0. The molecule has 0 aromatic heterocycles. The Hall–Kier alpha value is -0.370. The van der Waals surface area contributed by atoms with Crippen molar-refractivity contribution in [2.24, 2.45) is 5.41 Å². The molecular weight excluding hydrogens is 140 g/mol. The molecule has 1 saturated heterocycles. The topological polar surface area (TPSA) is 26.3 Å². The zero-order chi connectivity index (χ0) is 8.32. The van der Waals surface area contributed by atoms with Gasteiger partial charge in [-0.15, -0.1) is 0 Å². The quantitative estimate of drug-likeness (QED) is 0.570. The first kappa shape index (κ1) is 8.72. The van der Waals surface area contributed by atoms with Gasteiger partial charge in [0.15, 0.2) is 0 Å². The van der Waals surface area contributed by atoms with Gasteiger partial charge in [0.05, 0.1) is 6.10 Å². The first-order chi connectivity index (χ1) is 5.17. The van der Waals surface area contributed by atoms with E-state index < -0.39 is 0 Å². The van der Waals surface area contributed by atoms with E-state index in [1.807, 2.05) is 13.8 Å². The summed E-state index contributed by atoms with van der Waals surface area (Å²) in [7, 11) is 0. The van der Waals surface area contributed by atoms with Crippen molar-refractivity contribution in [2.45, 2.75) is 39.2 Å². The van der Waals surface area contributed by atoms with Crippen LogP contribution in [-0.4, -0.2) is 19.0 Å². The number of carbonyl (C=O) groups is 1. The summed E-state index contributed by atoms with van der Waals surface area (Å²) in [5.41, 5.74) is -0.291. The number of hydrogen-bond donors (Lipinski definition) is 0. The minimum Gasteiger partial charge on any atom is -0.377 e. The van der Waals surface area contributed by atoms with Crippen LogP contribution < -0.4 is 0 Å². The monoisotopic (exact) mass is 156 g/mol. The van der Waals surface area contributed by atoms with E-state index in [1.165, 1.54) is 6.42 Å². The van der Waals surface area contributed by atoms with Gasteiger partial charge in [0.1, 0.15) is 6.29 Å². The second-order valence-corrected chi connectivity index (χ2v) is 3.79. The van der Waals surface area contributed by atoms with Crippen molar-refractivity contribution in [1.29, 1.82) is 0 Å². The summed E-state index contributed by atoms with van der Waals surface area (Å²) in [4.78, 5) is 10.6. The Morgan fingerprint density at radius 2 is 2.18 bits per heavy atom. The third kappa shape index (κ3) is 2.03. The molecule has 0 aliphatic carbocycles. The standard InChI is InChI=1S/C9H16O2/c1-9(2,7-10)8-5-3-4-6-11-8/h7-8H,3-6H2,1-2H3/t8-/m0/s1. The first-order valence-corrected chi connectivity index (χ1v) is 4.25. The second-order valence-electron chi connectivity index (χ2n) is 3.79. The Labute approximate surface area is 67.9 Å². The molecule has 11 heavy (non-hydrogen) atoms. The molecule has 0 aromatic carbocycles. The Morgan fingerprint density at radius 1 is 1.45 bits per heavy atom. The zero-order valence-corrected chi connectivity index (χ0v) is 7.30. The summed E-state index contributed by atoms with van der Waals surface area (Å²) >= 11 is 0. The molecule has 1 aliphatic heterocycles. The average molecular weight is 156 g/mol. The van der Waals surface area contributed by atoms with Crippen molar-refractivity contribution in [2.75, 3.05) is 6.61 Å². The maximum atomic E-state index is 10.6. The number of aldehydes is 1. The van der Waals surface area contributed by atoms with E-state index in [2.05, 4.69) is 0 Å². The molecule has 1 atom stereocenters. The summed E-state index contributed by atoms with van der Waals surface area (Å²) in [6, 6.07) is 0. The Balaban J connectivity index is 2.50. The molecule has 0 unspecified atom stereocenters. The van der Waals surface area contributed by atoms with Gasteiger partial charge in [-0.05, 0) is 19.3 Å². The van der Waals surface area contributed by atoms with Crippen LogP contribution in [0.2, 0.25) is 0 Å². The average Bonchev–Trinajstić information content (AvgIpc) is 2.06. The van der Waals surface area contributed by atoms with Gasteiger partial charge in [0, 0.05) is 12.0 Å². The van der Waals surface area contributed by atoms with Crippen LogP contribution >= 0.6 is 0 Å². The zero-order valence-electron chi connectivity index (χ0n) is 7.30. The lowest BCUT2D eigenvalue weighted by atomic mass is 9.84. The van der Waals surface area contributed by atoms with Gasteiger partial charge in [-0.2, -0.15) is 0 Å². The van der Waals surface area contributed by atoms with Gasteiger partial charge < -0.3 is 9.53 Å². The van der Waals surface area contributed by atoms with Crippen LogP contribution in [0.15, 0.2) is 0 Å². The van der Waals surface area contributed by atoms with Gasteiger partial charge in [-0.1, -0.05) is 13.8 Å². The maximum Gasteiger partial charge on any atom is 0.128 e. The molecule has 0 bridgehead atoms. The van der Waals surface area contributed by atoms with Crippen molar-refractivity contribution in [3.05, 3.63) is 0 Å². The lowest BCUT2D eigenvalue weighted by Gasteiger charge is -2.32. The van der Waals surface area contributed by atoms with Crippen molar-refractivity contribution < 1.29 is 9.53 Å². The number of carbonyl (C=O) groups excluding carboxylic acids is 1. The van der Waals surface area contributed by atoms with Crippen molar-refractivity contribution in [1.82, 2.24) is 0 Å². The normalized spacial score (nSPS) is 26.5. The molecule has 0 spiro atoms. The second kappa shape index (κ2) is 3.35. The summed E-state index contributed by atoms with van der Waals surface area (Å²) < 4.78 is 5.50. The molecule has 64 valence electrons. The highest BCUT2D eigenvalue weighted by Crippen LogP contribution is 2.27. The summed E-state index contributed by atoms with van der Waals surface area (Å²) in [6.07, 6.45) is 4.52. The maximum absolute atomic E-state index is 10.6. The van der Waals surface area contributed by atoms with Gasteiger partial charge in [-0.25, -0.2) is 0 Å². The molecule has 2 heteroatoms. The van der Waals surface area contributed by atoms with Crippen LogP contribution in [0, 0.1) is 5.41 Å². The van der Waals surface area contributed by atoms with E-state index in [0.29, 0.717) is 0 Å². The van der Waals surface area contributed by atoms with E-state index >= 15 is 0 Å². The van der Waals surface area contributed by atoms with Crippen LogP contribution in [0.1, 0.15) is 33.1 Å². The minimum atomic E-state index is -0.291. The molecular formula is C9H16O2. The molecule has 1 aliphatic rings. The molecule has 0 saturated carbocycles. The fraction of sp³-hybridized carbons (Fsp3) is 0.889. The van der Waals surface area contributed by atoms with E-state index in [-0.39, 0.29) is 11.5 Å². The van der Waals surface area contributed by atoms with Crippen LogP contribution in [0.5, 0.6) is 0 Å². The summed E-state index contributed by atoms with van der Waals surface area (Å²) in [6.45, 7) is 4.70. The fourth-order valence-corrected chi connectivity index (χ4v) is 1.40. The molecule has 1 rings (SSSR count). The van der Waals surface area contributed by atoms with Crippen LogP contribution in [0.4, 0.5) is 0 Å². The fourth-order valence-electron chi connectivity index (χ4n) is 1.40. The Morgan fingerprint density at radius 3 is 2.64 bits per heavy atom. The number of ether oxygens (including phenoxy) is 1. The van der Waals surface area contributed by atoms with Gasteiger partial charge >= 0.3 is 0 Å². The van der Waals surface area contributed by atoms with Crippen LogP contribution in [0.25, 0.3) is 0 Å². The molecule has 0 N–H and O–H groups in total. The molecule has 1 heterocycles. The Bertz CT molecular complexity index is 134. The highest BCUT2D eigenvalue weighted by Gasteiger charge is 2.30.